The van der Waals surface area contributed by atoms with Crippen molar-refractivity contribution < 1.29 is 5.11 Å². The number of aliphatic hydroxyl groups is 1. The summed E-state index contributed by atoms with van der Waals surface area (Å²) in [5.41, 5.74) is 0.987. The molecule has 4 rings (SSSR count). The maximum absolute atomic E-state index is 10.6. The van der Waals surface area contributed by atoms with Gasteiger partial charge in [-0.3, -0.25) is 0 Å². The number of hydrogen-bond donors (Lipinski definition) is 1. The Hall–Kier alpha value is -2.14. The Bertz CT molecular complexity index is 687. The van der Waals surface area contributed by atoms with E-state index in [-0.39, 0.29) is 0 Å². The molecule has 1 aromatic heterocycles. The van der Waals surface area contributed by atoms with Crippen LogP contribution in [0.4, 0.5) is 11.8 Å². The molecule has 0 unspecified atom stereocenters. The fourth-order valence-corrected chi connectivity index (χ4v) is 4.01. The number of aliphatic hydroxyl groups excluding tert-OH is 1. The SMILES string of the molecule is O[C@@H](C[C@@H]1CCCN1c1nccc(N2CCCC2)n1)c1ccccc1. The molecule has 1 aromatic carbocycles. The van der Waals surface area contributed by atoms with Gasteiger partial charge in [0.15, 0.2) is 0 Å². The van der Waals surface area contributed by atoms with E-state index < -0.39 is 6.10 Å². The lowest BCUT2D eigenvalue weighted by Gasteiger charge is -2.27. The lowest BCUT2D eigenvalue weighted by molar-refractivity contribution is 0.158. The zero-order valence-corrected chi connectivity index (χ0v) is 14.6. The Morgan fingerprint density at radius 1 is 1.04 bits per heavy atom. The van der Waals surface area contributed by atoms with Gasteiger partial charge in [0.25, 0.3) is 0 Å². The van der Waals surface area contributed by atoms with Gasteiger partial charge in [-0.15, -0.1) is 0 Å². The summed E-state index contributed by atoms with van der Waals surface area (Å²) < 4.78 is 0. The van der Waals surface area contributed by atoms with Gasteiger partial charge in [0, 0.05) is 31.9 Å². The molecule has 0 saturated carbocycles. The third-order valence-electron chi connectivity index (χ3n) is 5.37. The van der Waals surface area contributed by atoms with Gasteiger partial charge in [-0.05, 0) is 43.7 Å². The number of anilines is 2. The van der Waals surface area contributed by atoms with Crippen molar-refractivity contribution >= 4 is 11.8 Å². The van der Waals surface area contributed by atoms with Crippen LogP contribution in [-0.4, -0.2) is 40.8 Å². The van der Waals surface area contributed by atoms with Crippen molar-refractivity contribution in [2.24, 2.45) is 0 Å². The summed E-state index contributed by atoms with van der Waals surface area (Å²) in [6, 6.07) is 12.2. The van der Waals surface area contributed by atoms with E-state index in [1.807, 2.05) is 42.6 Å². The Kier molecular flexibility index (Phi) is 4.83. The molecule has 132 valence electrons. The van der Waals surface area contributed by atoms with Gasteiger partial charge >= 0.3 is 0 Å². The molecule has 5 heteroatoms. The van der Waals surface area contributed by atoms with Crippen LogP contribution < -0.4 is 9.80 Å². The molecule has 2 aliphatic rings. The minimum atomic E-state index is -0.437. The van der Waals surface area contributed by atoms with Crippen molar-refractivity contribution in [2.75, 3.05) is 29.4 Å². The molecule has 0 spiro atoms. The third-order valence-corrected chi connectivity index (χ3v) is 5.37. The van der Waals surface area contributed by atoms with Crippen LogP contribution in [0.25, 0.3) is 0 Å². The minimum absolute atomic E-state index is 0.295. The highest BCUT2D eigenvalue weighted by molar-refractivity contribution is 5.45. The van der Waals surface area contributed by atoms with Crippen LogP contribution in [0.2, 0.25) is 0 Å². The number of hydrogen-bond acceptors (Lipinski definition) is 5. The maximum Gasteiger partial charge on any atom is 0.227 e. The first-order valence-electron chi connectivity index (χ1n) is 9.39. The fraction of sp³-hybridized carbons (Fsp3) is 0.500. The lowest BCUT2D eigenvalue weighted by atomic mass is 10.0. The Morgan fingerprint density at radius 3 is 2.64 bits per heavy atom. The van der Waals surface area contributed by atoms with Gasteiger partial charge in [0.1, 0.15) is 5.82 Å². The molecule has 0 bridgehead atoms. The molecule has 25 heavy (non-hydrogen) atoms. The average Bonchev–Trinajstić information content (AvgIpc) is 3.35. The predicted molar refractivity (Wildman–Crippen MR) is 99.9 cm³/mol. The number of rotatable bonds is 5. The average molecular weight is 338 g/mol. The Balaban J connectivity index is 1.48. The quantitative estimate of drug-likeness (QED) is 0.907. The van der Waals surface area contributed by atoms with Crippen molar-refractivity contribution in [3.05, 3.63) is 48.2 Å². The van der Waals surface area contributed by atoms with E-state index in [1.54, 1.807) is 0 Å². The minimum Gasteiger partial charge on any atom is -0.388 e. The van der Waals surface area contributed by atoms with E-state index in [2.05, 4.69) is 14.8 Å². The van der Waals surface area contributed by atoms with Crippen molar-refractivity contribution in [1.82, 2.24) is 9.97 Å². The molecule has 0 radical (unpaired) electrons. The summed E-state index contributed by atoms with van der Waals surface area (Å²) in [6.07, 6.45) is 6.86. The van der Waals surface area contributed by atoms with Gasteiger partial charge < -0.3 is 14.9 Å². The summed E-state index contributed by atoms with van der Waals surface area (Å²) >= 11 is 0. The lowest BCUT2D eigenvalue weighted by Crippen LogP contribution is -2.32. The summed E-state index contributed by atoms with van der Waals surface area (Å²) in [5.74, 6) is 1.85. The summed E-state index contributed by atoms with van der Waals surface area (Å²) in [7, 11) is 0. The van der Waals surface area contributed by atoms with Crippen molar-refractivity contribution in [2.45, 2.75) is 44.2 Å². The largest absolute Gasteiger partial charge is 0.388 e. The predicted octanol–water partition coefficient (Wildman–Crippen LogP) is 3.17. The van der Waals surface area contributed by atoms with Crippen molar-refractivity contribution in [3.8, 4) is 0 Å². The fourth-order valence-electron chi connectivity index (χ4n) is 4.01. The Labute approximate surface area is 149 Å². The monoisotopic (exact) mass is 338 g/mol. The van der Waals surface area contributed by atoms with Crippen molar-refractivity contribution in [3.63, 3.8) is 0 Å². The van der Waals surface area contributed by atoms with E-state index >= 15 is 0 Å². The smallest absolute Gasteiger partial charge is 0.227 e. The molecule has 2 atom stereocenters. The zero-order valence-electron chi connectivity index (χ0n) is 14.6. The van der Waals surface area contributed by atoms with Gasteiger partial charge in [-0.1, -0.05) is 30.3 Å². The zero-order chi connectivity index (χ0) is 17.1. The van der Waals surface area contributed by atoms with Crippen LogP contribution in [0.3, 0.4) is 0 Å². The molecule has 2 aromatic rings. The van der Waals surface area contributed by atoms with E-state index in [0.29, 0.717) is 6.04 Å². The van der Waals surface area contributed by atoms with Gasteiger partial charge in [0.05, 0.1) is 6.10 Å². The molecule has 0 aliphatic carbocycles. The maximum atomic E-state index is 10.6. The van der Waals surface area contributed by atoms with Crippen LogP contribution in [0.5, 0.6) is 0 Å². The van der Waals surface area contributed by atoms with Gasteiger partial charge in [-0.2, -0.15) is 4.98 Å². The van der Waals surface area contributed by atoms with E-state index in [4.69, 9.17) is 4.98 Å². The highest BCUT2D eigenvalue weighted by Crippen LogP contribution is 2.30. The number of aromatic nitrogens is 2. The summed E-state index contributed by atoms with van der Waals surface area (Å²) in [6.45, 7) is 3.15. The van der Waals surface area contributed by atoms with E-state index in [1.165, 1.54) is 12.8 Å². The van der Waals surface area contributed by atoms with Crippen molar-refractivity contribution in [1.29, 1.82) is 0 Å². The van der Waals surface area contributed by atoms with Crippen LogP contribution in [0, 0.1) is 0 Å². The summed E-state index contributed by atoms with van der Waals surface area (Å²) in [5, 5.41) is 10.6. The topological polar surface area (TPSA) is 52.5 Å². The standard InChI is InChI=1S/C20H26N4O/c25-18(16-7-2-1-3-8-16)15-17-9-6-14-24(17)20-21-11-10-19(22-20)23-12-4-5-13-23/h1-3,7-8,10-11,17-18,25H,4-6,9,12-15H2/t17-,18-/m0/s1. The molecular weight excluding hydrogens is 312 g/mol. The second kappa shape index (κ2) is 7.40. The summed E-state index contributed by atoms with van der Waals surface area (Å²) in [4.78, 5) is 14.0. The van der Waals surface area contributed by atoms with Crippen LogP contribution in [0.1, 0.15) is 43.8 Å². The van der Waals surface area contributed by atoms with Crippen LogP contribution in [0.15, 0.2) is 42.6 Å². The second-order valence-corrected chi connectivity index (χ2v) is 7.06. The number of benzene rings is 1. The molecule has 2 saturated heterocycles. The van der Waals surface area contributed by atoms with Crippen LogP contribution in [-0.2, 0) is 0 Å². The van der Waals surface area contributed by atoms with E-state index in [9.17, 15) is 5.11 Å². The third kappa shape index (κ3) is 3.61. The van der Waals surface area contributed by atoms with E-state index in [0.717, 1.165) is 56.2 Å². The second-order valence-electron chi connectivity index (χ2n) is 7.06. The van der Waals surface area contributed by atoms with Crippen LogP contribution >= 0.6 is 0 Å². The first kappa shape index (κ1) is 16.3. The first-order valence-corrected chi connectivity index (χ1v) is 9.39. The highest BCUT2D eigenvalue weighted by Gasteiger charge is 2.29. The molecule has 2 aliphatic heterocycles. The molecular formula is C20H26N4O. The van der Waals surface area contributed by atoms with Gasteiger partial charge in [-0.25, -0.2) is 4.98 Å². The molecule has 3 heterocycles. The highest BCUT2D eigenvalue weighted by atomic mass is 16.3. The number of nitrogens with zero attached hydrogens (tertiary/aromatic N) is 4. The molecule has 5 nitrogen and oxygen atoms in total. The van der Waals surface area contributed by atoms with Gasteiger partial charge in [0.2, 0.25) is 5.95 Å². The molecule has 2 fully saturated rings. The first-order chi connectivity index (χ1) is 12.3. The normalized spacial score (nSPS) is 21.7. The molecule has 0 amide bonds. The Morgan fingerprint density at radius 2 is 1.84 bits per heavy atom. The molecule has 1 N–H and O–H groups in total.